The Balaban J connectivity index is 1.93. The molecule has 0 radical (unpaired) electrons. The Morgan fingerprint density at radius 2 is 1.45 bits per heavy atom. The Kier molecular flexibility index (Phi) is 4.88. The van der Waals surface area contributed by atoms with Crippen LogP contribution in [-0.2, 0) is 0 Å². The summed E-state index contributed by atoms with van der Waals surface area (Å²) in [5, 5.41) is 6.90. The van der Waals surface area contributed by atoms with E-state index in [4.69, 9.17) is 23.2 Å². The van der Waals surface area contributed by atoms with Crippen molar-refractivity contribution in [3.05, 3.63) is 64.1 Å². The molecule has 2 amide bonds. The van der Waals surface area contributed by atoms with Gasteiger partial charge in [-0.05, 0) is 48.9 Å². The van der Waals surface area contributed by atoms with Crippen LogP contribution < -0.4 is 10.6 Å². The van der Waals surface area contributed by atoms with Gasteiger partial charge in [-0.25, -0.2) is 4.79 Å². The lowest BCUT2D eigenvalue weighted by Gasteiger charge is -2.15. The standard InChI is InChI=1S/C15H14Cl2N2O/c1-10(11-2-4-12(16)5-3-11)18-15(20)19-14-8-6-13(17)7-9-14/h2-10H,1H3,(H2,18,19,20). The van der Waals surface area contributed by atoms with Crippen LogP contribution in [0.25, 0.3) is 0 Å². The average molecular weight is 309 g/mol. The molecule has 0 spiro atoms. The summed E-state index contributed by atoms with van der Waals surface area (Å²) in [5.41, 5.74) is 1.68. The first-order chi connectivity index (χ1) is 9.54. The zero-order valence-electron chi connectivity index (χ0n) is 10.9. The molecule has 0 aliphatic carbocycles. The minimum absolute atomic E-state index is 0.112. The van der Waals surface area contributed by atoms with E-state index in [1.165, 1.54) is 0 Å². The molecule has 1 atom stereocenters. The van der Waals surface area contributed by atoms with Crippen molar-refractivity contribution in [2.45, 2.75) is 13.0 Å². The lowest BCUT2D eigenvalue weighted by molar-refractivity contribution is 0.249. The largest absolute Gasteiger partial charge is 0.331 e. The number of benzene rings is 2. The first kappa shape index (κ1) is 14.7. The zero-order valence-corrected chi connectivity index (χ0v) is 12.4. The molecular formula is C15H14Cl2N2O. The topological polar surface area (TPSA) is 41.1 Å². The fraction of sp³-hybridized carbons (Fsp3) is 0.133. The number of anilines is 1. The molecule has 2 rings (SSSR count). The van der Waals surface area contributed by atoms with Crippen LogP contribution in [0.3, 0.4) is 0 Å². The number of hydrogen-bond acceptors (Lipinski definition) is 1. The average Bonchev–Trinajstić information content (AvgIpc) is 2.42. The summed E-state index contributed by atoms with van der Waals surface area (Å²) in [4.78, 5) is 11.9. The molecule has 5 heteroatoms. The highest BCUT2D eigenvalue weighted by Gasteiger charge is 2.09. The molecule has 2 N–H and O–H groups in total. The third-order valence-electron chi connectivity index (χ3n) is 2.82. The number of carbonyl (C=O) groups is 1. The van der Waals surface area contributed by atoms with Crippen LogP contribution in [0.4, 0.5) is 10.5 Å². The fourth-order valence-electron chi connectivity index (χ4n) is 1.73. The Morgan fingerprint density at radius 1 is 0.950 bits per heavy atom. The lowest BCUT2D eigenvalue weighted by Crippen LogP contribution is -2.31. The van der Waals surface area contributed by atoms with Gasteiger partial charge in [0.2, 0.25) is 0 Å². The van der Waals surface area contributed by atoms with E-state index in [2.05, 4.69) is 10.6 Å². The number of amides is 2. The molecule has 0 aromatic heterocycles. The van der Waals surface area contributed by atoms with Crippen LogP contribution in [-0.4, -0.2) is 6.03 Å². The Morgan fingerprint density at radius 3 is 2.00 bits per heavy atom. The van der Waals surface area contributed by atoms with Crippen molar-refractivity contribution in [3.63, 3.8) is 0 Å². The fourth-order valence-corrected chi connectivity index (χ4v) is 1.98. The third-order valence-corrected chi connectivity index (χ3v) is 3.32. The number of hydrogen-bond donors (Lipinski definition) is 2. The Hall–Kier alpha value is -1.71. The predicted octanol–water partition coefficient (Wildman–Crippen LogP) is 4.88. The van der Waals surface area contributed by atoms with Crippen LogP contribution in [0, 0.1) is 0 Å². The highest BCUT2D eigenvalue weighted by molar-refractivity contribution is 6.30. The normalized spacial score (nSPS) is 11.8. The molecule has 104 valence electrons. The van der Waals surface area contributed by atoms with E-state index >= 15 is 0 Å². The molecular weight excluding hydrogens is 295 g/mol. The van der Waals surface area contributed by atoms with Gasteiger partial charge in [0.25, 0.3) is 0 Å². The van der Waals surface area contributed by atoms with E-state index in [1.54, 1.807) is 36.4 Å². The van der Waals surface area contributed by atoms with Crippen molar-refractivity contribution in [2.75, 3.05) is 5.32 Å². The number of carbonyl (C=O) groups excluding carboxylic acids is 1. The number of urea groups is 1. The smallest absolute Gasteiger partial charge is 0.319 e. The number of halogens is 2. The van der Waals surface area contributed by atoms with Crippen molar-refractivity contribution in [2.24, 2.45) is 0 Å². The van der Waals surface area contributed by atoms with Gasteiger partial charge in [-0.1, -0.05) is 35.3 Å². The van der Waals surface area contributed by atoms with E-state index in [1.807, 2.05) is 19.1 Å². The molecule has 0 aliphatic rings. The van der Waals surface area contributed by atoms with Crippen LogP contribution in [0.1, 0.15) is 18.5 Å². The minimum atomic E-state index is -0.269. The molecule has 0 fully saturated rings. The summed E-state index contributed by atoms with van der Waals surface area (Å²) < 4.78 is 0. The maximum Gasteiger partial charge on any atom is 0.319 e. The van der Waals surface area contributed by atoms with E-state index in [-0.39, 0.29) is 12.1 Å². The minimum Gasteiger partial charge on any atom is -0.331 e. The second kappa shape index (κ2) is 6.64. The van der Waals surface area contributed by atoms with Crippen molar-refractivity contribution in [1.29, 1.82) is 0 Å². The molecule has 2 aromatic rings. The van der Waals surface area contributed by atoms with E-state index < -0.39 is 0 Å². The molecule has 3 nitrogen and oxygen atoms in total. The summed E-state index contributed by atoms with van der Waals surface area (Å²) in [6.45, 7) is 1.91. The molecule has 20 heavy (non-hydrogen) atoms. The SMILES string of the molecule is CC(NC(=O)Nc1ccc(Cl)cc1)c1ccc(Cl)cc1. The first-order valence-electron chi connectivity index (χ1n) is 6.13. The summed E-state index contributed by atoms with van der Waals surface area (Å²) in [5.74, 6) is 0. The van der Waals surface area contributed by atoms with E-state index in [9.17, 15) is 4.79 Å². The Labute approximate surface area is 127 Å². The molecule has 1 unspecified atom stereocenters. The molecule has 2 aromatic carbocycles. The van der Waals surface area contributed by atoms with Crippen LogP contribution >= 0.6 is 23.2 Å². The van der Waals surface area contributed by atoms with Crippen LogP contribution in [0.15, 0.2) is 48.5 Å². The summed E-state index contributed by atoms with van der Waals surface area (Å²) in [6, 6.07) is 13.9. The van der Waals surface area contributed by atoms with E-state index in [0.29, 0.717) is 15.7 Å². The number of nitrogens with one attached hydrogen (secondary N) is 2. The maximum atomic E-state index is 11.9. The van der Waals surface area contributed by atoms with Gasteiger partial charge in [-0.15, -0.1) is 0 Å². The summed E-state index contributed by atoms with van der Waals surface area (Å²) in [7, 11) is 0. The van der Waals surface area contributed by atoms with Gasteiger partial charge in [-0.2, -0.15) is 0 Å². The van der Waals surface area contributed by atoms with Crippen LogP contribution in [0.5, 0.6) is 0 Å². The third kappa shape index (κ3) is 4.15. The summed E-state index contributed by atoms with van der Waals surface area (Å²) >= 11 is 11.6. The lowest BCUT2D eigenvalue weighted by atomic mass is 10.1. The van der Waals surface area contributed by atoms with Gasteiger partial charge in [-0.3, -0.25) is 0 Å². The van der Waals surface area contributed by atoms with Gasteiger partial charge >= 0.3 is 6.03 Å². The maximum absolute atomic E-state index is 11.9. The molecule has 0 heterocycles. The highest BCUT2D eigenvalue weighted by Crippen LogP contribution is 2.17. The van der Waals surface area contributed by atoms with Crippen LogP contribution in [0.2, 0.25) is 10.0 Å². The first-order valence-corrected chi connectivity index (χ1v) is 6.89. The van der Waals surface area contributed by atoms with Gasteiger partial charge < -0.3 is 10.6 Å². The second-order valence-electron chi connectivity index (χ2n) is 4.38. The van der Waals surface area contributed by atoms with Gasteiger partial charge in [0.05, 0.1) is 6.04 Å². The summed E-state index contributed by atoms with van der Waals surface area (Å²) in [6.07, 6.45) is 0. The number of rotatable bonds is 3. The highest BCUT2D eigenvalue weighted by atomic mass is 35.5. The predicted molar refractivity (Wildman–Crippen MR) is 83.5 cm³/mol. The van der Waals surface area contributed by atoms with Gasteiger partial charge in [0.15, 0.2) is 0 Å². The van der Waals surface area contributed by atoms with Gasteiger partial charge in [0.1, 0.15) is 0 Å². The molecule has 0 saturated carbocycles. The van der Waals surface area contributed by atoms with Crippen molar-refractivity contribution >= 4 is 34.9 Å². The second-order valence-corrected chi connectivity index (χ2v) is 5.25. The van der Waals surface area contributed by atoms with Crippen molar-refractivity contribution in [1.82, 2.24) is 5.32 Å². The Bertz CT molecular complexity index is 582. The van der Waals surface area contributed by atoms with Crippen molar-refractivity contribution < 1.29 is 4.79 Å². The monoisotopic (exact) mass is 308 g/mol. The van der Waals surface area contributed by atoms with Gasteiger partial charge in [0, 0.05) is 15.7 Å². The molecule has 0 bridgehead atoms. The van der Waals surface area contributed by atoms with E-state index in [0.717, 1.165) is 5.56 Å². The molecule has 0 aliphatic heterocycles. The zero-order chi connectivity index (χ0) is 14.5. The van der Waals surface area contributed by atoms with Crippen molar-refractivity contribution in [3.8, 4) is 0 Å². The quantitative estimate of drug-likeness (QED) is 0.834. The molecule has 0 saturated heterocycles.